The average molecular weight is 340 g/mol. The predicted molar refractivity (Wildman–Crippen MR) is 88.1 cm³/mol. The van der Waals surface area contributed by atoms with Crippen molar-refractivity contribution in [3.63, 3.8) is 0 Å². The maximum absolute atomic E-state index is 12.2. The molecule has 0 aliphatic heterocycles. The maximum atomic E-state index is 12.2. The fourth-order valence-corrected chi connectivity index (χ4v) is 3.06. The van der Waals surface area contributed by atoms with Gasteiger partial charge >= 0.3 is 0 Å². The summed E-state index contributed by atoms with van der Waals surface area (Å²) in [5, 5.41) is 0.628. The molecule has 0 aliphatic carbocycles. The van der Waals surface area contributed by atoms with Gasteiger partial charge in [-0.3, -0.25) is 0 Å². The van der Waals surface area contributed by atoms with E-state index in [-0.39, 0.29) is 18.0 Å². The number of nitrogens with one attached hydrogen (secondary N) is 1. The summed E-state index contributed by atoms with van der Waals surface area (Å²) in [6.07, 6.45) is 0. The van der Waals surface area contributed by atoms with Gasteiger partial charge in [0.25, 0.3) is 0 Å². The molecule has 0 unspecified atom stereocenters. The Morgan fingerprint density at radius 3 is 2.36 bits per heavy atom. The molecule has 4 nitrogen and oxygen atoms in total. The highest BCUT2D eigenvalue weighted by atomic mass is 35.5. The summed E-state index contributed by atoms with van der Waals surface area (Å²) in [5.74, 6) is 0.648. The molecule has 0 heterocycles. The number of benzene rings is 2. The summed E-state index contributed by atoms with van der Waals surface area (Å²) in [6.45, 7) is 4.26. The summed E-state index contributed by atoms with van der Waals surface area (Å²) in [6, 6.07) is 12.0. The molecular formula is C16H18ClNO3S. The van der Waals surface area contributed by atoms with Gasteiger partial charge in [0.05, 0.1) is 4.90 Å². The smallest absolute Gasteiger partial charge is 0.240 e. The number of aryl methyl sites for hydroxylation is 2. The van der Waals surface area contributed by atoms with Crippen LogP contribution in [0.5, 0.6) is 5.75 Å². The Kier molecular flexibility index (Phi) is 5.45. The Morgan fingerprint density at radius 2 is 1.73 bits per heavy atom. The second-order valence-electron chi connectivity index (χ2n) is 4.95. The molecule has 1 N–H and O–H groups in total. The van der Waals surface area contributed by atoms with Crippen LogP contribution in [0.3, 0.4) is 0 Å². The summed E-state index contributed by atoms with van der Waals surface area (Å²) < 4.78 is 32.3. The lowest BCUT2D eigenvalue weighted by Crippen LogP contribution is -2.28. The van der Waals surface area contributed by atoms with Crippen molar-refractivity contribution >= 4 is 21.6 Å². The Balaban J connectivity index is 1.89. The molecule has 0 aromatic heterocycles. The zero-order valence-corrected chi connectivity index (χ0v) is 14.0. The number of hydrogen-bond donors (Lipinski definition) is 1. The molecule has 6 heteroatoms. The van der Waals surface area contributed by atoms with Crippen LogP contribution in [-0.4, -0.2) is 21.6 Å². The van der Waals surface area contributed by atoms with Crippen molar-refractivity contribution < 1.29 is 13.2 Å². The molecule has 118 valence electrons. The number of halogens is 1. The molecule has 22 heavy (non-hydrogen) atoms. The van der Waals surface area contributed by atoms with Gasteiger partial charge in [-0.05, 0) is 61.4 Å². The van der Waals surface area contributed by atoms with Crippen molar-refractivity contribution in [3.05, 3.63) is 58.6 Å². The van der Waals surface area contributed by atoms with Crippen LogP contribution in [0.2, 0.25) is 5.02 Å². The number of sulfonamides is 1. The van der Waals surface area contributed by atoms with Crippen LogP contribution < -0.4 is 9.46 Å². The largest absolute Gasteiger partial charge is 0.492 e. The zero-order valence-electron chi connectivity index (χ0n) is 12.5. The third-order valence-corrected chi connectivity index (χ3v) is 4.98. The van der Waals surface area contributed by atoms with Gasteiger partial charge in [-0.2, -0.15) is 0 Å². The molecule has 0 amide bonds. The van der Waals surface area contributed by atoms with E-state index in [2.05, 4.69) is 4.72 Å². The Bertz CT molecular complexity index is 742. The predicted octanol–water partition coefficient (Wildman–Crippen LogP) is 3.31. The first-order chi connectivity index (χ1) is 10.4. The lowest BCUT2D eigenvalue weighted by Gasteiger charge is -2.10. The molecule has 0 spiro atoms. The highest BCUT2D eigenvalue weighted by molar-refractivity contribution is 7.89. The maximum Gasteiger partial charge on any atom is 0.240 e. The van der Waals surface area contributed by atoms with Gasteiger partial charge in [-0.25, -0.2) is 13.1 Å². The van der Waals surface area contributed by atoms with Crippen LogP contribution in [0.15, 0.2) is 47.4 Å². The minimum absolute atomic E-state index is 0.192. The monoisotopic (exact) mass is 339 g/mol. The molecule has 2 aromatic rings. The molecule has 0 fully saturated rings. The first-order valence-corrected chi connectivity index (χ1v) is 8.70. The van der Waals surface area contributed by atoms with E-state index in [1.165, 1.54) is 0 Å². The van der Waals surface area contributed by atoms with Crippen LogP contribution in [0, 0.1) is 13.8 Å². The van der Waals surface area contributed by atoms with E-state index in [1.54, 1.807) is 42.5 Å². The van der Waals surface area contributed by atoms with Crippen LogP contribution in [-0.2, 0) is 10.0 Å². The molecule has 0 saturated carbocycles. The van der Waals surface area contributed by atoms with E-state index in [4.69, 9.17) is 16.3 Å². The number of rotatable bonds is 6. The van der Waals surface area contributed by atoms with E-state index in [0.717, 1.165) is 11.1 Å². The van der Waals surface area contributed by atoms with E-state index in [1.807, 2.05) is 13.8 Å². The Hall–Kier alpha value is -1.56. The molecular weight excluding hydrogens is 322 g/mol. The van der Waals surface area contributed by atoms with Crippen molar-refractivity contribution in [2.75, 3.05) is 13.2 Å². The number of hydrogen-bond acceptors (Lipinski definition) is 3. The molecule has 0 bridgehead atoms. The summed E-state index contributed by atoms with van der Waals surface area (Å²) >= 11 is 5.78. The lowest BCUT2D eigenvalue weighted by molar-refractivity contribution is 0.323. The Morgan fingerprint density at radius 1 is 1.05 bits per heavy atom. The van der Waals surface area contributed by atoms with Gasteiger partial charge in [0.1, 0.15) is 12.4 Å². The fourth-order valence-electron chi connectivity index (χ4n) is 1.84. The standard InChI is InChI=1S/C16H18ClNO3S/c1-12-3-8-16(11-13(12)2)22(19,20)18-9-10-21-15-6-4-14(17)5-7-15/h3-8,11,18H,9-10H2,1-2H3. The van der Waals surface area contributed by atoms with Gasteiger partial charge in [0.15, 0.2) is 0 Å². The fraction of sp³-hybridized carbons (Fsp3) is 0.250. The van der Waals surface area contributed by atoms with Crippen molar-refractivity contribution in [1.82, 2.24) is 4.72 Å². The SMILES string of the molecule is Cc1ccc(S(=O)(=O)NCCOc2ccc(Cl)cc2)cc1C. The Labute approximate surface area is 136 Å². The van der Waals surface area contributed by atoms with Crippen LogP contribution in [0.1, 0.15) is 11.1 Å². The number of ether oxygens (including phenoxy) is 1. The van der Waals surface area contributed by atoms with Gasteiger partial charge in [0, 0.05) is 11.6 Å². The van der Waals surface area contributed by atoms with Crippen molar-refractivity contribution in [3.8, 4) is 5.75 Å². The van der Waals surface area contributed by atoms with E-state index < -0.39 is 10.0 Å². The van der Waals surface area contributed by atoms with E-state index in [0.29, 0.717) is 10.8 Å². The van der Waals surface area contributed by atoms with E-state index in [9.17, 15) is 8.42 Å². The lowest BCUT2D eigenvalue weighted by atomic mass is 10.1. The molecule has 2 aromatic carbocycles. The van der Waals surface area contributed by atoms with Crippen LogP contribution >= 0.6 is 11.6 Å². The zero-order chi connectivity index (χ0) is 16.2. The van der Waals surface area contributed by atoms with Crippen LogP contribution in [0.4, 0.5) is 0 Å². The van der Waals surface area contributed by atoms with Crippen molar-refractivity contribution in [2.45, 2.75) is 18.7 Å². The second kappa shape index (κ2) is 7.13. The topological polar surface area (TPSA) is 55.4 Å². The quantitative estimate of drug-likeness (QED) is 0.821. The first kappa shape index (κ1) is 16.8. The minimum atomic E-state index is -3.51. The van der Waals surface area contributed by atoms with Crippen molar-refractivity contribution in [2.24, 2.45) is 0 Å². The second-order valence-corrected chi connectivity index (χ2v) is 7.15. The van der Waals surface area contributed by atoms with Gasteiger partial charge in [-0.1, -0.05) is 17.7 Å². The van der Waals surface area contributed by atoms with Crippen molar-refractivity contribution in [1.29, 1.82) is 0 Å². The van der Waals surface area contributed by atoms with Crippen LogP contribution in [0.25, 0.3) is 0 Å². The normalized spacial score (nSPS) is 11.4. The van der Waals surface area contributed by atoms with Gasteiger partial charge < -0.3 is 4.74 Å². The third-order valence-electron chi connectivity index (χ3n) is 3.27. The van der Waals surface area contributed by atoms with Gasteiger partial charge in [0.2, 0.25) is 10.0 Å². The van der Waals surface area contributed by atoms with Gasteiger partial charge in [-0.15, -0.1) is 0 Å². The molecule has 2 rings (SSSR count). The summed E-state index contributed by atoms with van der Waals surface area (Å²) in [4.78, 5) is 0.266. The first-order valence-electron chi connectivity index (χ1n) is 6.84. The summed E-state index contributed by atoms with van der Waals surface area (Å²) in [5.41, 5.74) is 2.00. The molecule has 0 aliphatic rings. The summed E-state index contributed by atoms with van der Waals surface area (Å²) in [7, 11) is -3.51. The highest BCUT2D eigenvalue weighted by Gasteiger charge is 2.13. The molecule has 0 saturated heterocycles. The molecule has 0 atom stereocenters. The average Bonchev–Trinajstić information content (AvgIpc) is 2.48. The van der Waals surface area contributed by atoms with E-state index >= 15 is 0 Å². The molecule has 0 radical (unpaired) electrons. The third kappa shape index (κ3) is 4.47. The minimum Gasteiger partial charge on any atom is -0.492 e. The highest BCUT2D eigenvalue weighted by Crippen LogP contribution is 2.16.